The molecule has 6 nitrogen and oxygen atoms in total. The van der Waals surface area contributed by atoms with Crippen LogP contribution in [-0.2, 0) is 6.42 Å². The van der Waals surface area contributed by atoms with Crippen molar-refractivity contribution in [3.05, 3.63) is 86.8 Å². The molecular weight excluding hydrogens is 437 g/mol. The summed E-state index contributed by atoms with van der Waals surface area (Å²) in [5, 5.41) is 8.13. The Morgan fingerprint density at radius 1 is 1.00 bits per heavy atom. The zero-order valence-electron chi connectivity index (χ0n) is 16.7. The number of hydrogen-bond acceptors (Lipinski definition) is 4. The smallest absolute Gasteiger partial charge is 0.291 e. The van der Waals surface area contributed by atoms with Gasteiger partial charge in [-0.2, -0.15) is 5.10 Å². The largest absolute Gasteiger partial charge is 0.455 e. The molecule has 158 valence electrons. The number of carbonyl (C=O) groups is 2. The lowest BCUT2D eigenvalue weighted by atomic mass is 9.93. The van der Waals surface area contributed by atoms with Crippen molar-refractivity contribution in [3.8, 4) is 0 Å². The van der Waals surface area contributed by atoms with Gasteiger partial charge in [0.15, 0.2) is 5.76 Å². The highest BCUT2D eigenvalue weighted by molar-refractivity contribution is 6.31. The van der Waals surface area contributed by atoms with E-state index >= 15 is 0 Å². The zero-order valence-corrected chi connectivity index (χ0v) is 18.2. The number of anilines is 1. The standard InChI is InChI=1S/C23H19Cl2N3O3/c1-13-20-18(27-28-22(29)14-5-2-6-15(24)11-14)9-4-10-19(20)31-21(13)23(30)26-17-8-3-7-16(25)12-17/h2-3,5-8,11-12H,4,9-10H2,1H3,(H,26,30)(H,28,29)/b27-18+. The molecule has 1 heterocycles. The minimum Gasteiger partial charge on any atom is -0.455 e. The van der Waals surface area contributed by atoms with Gasteiger partial charge in [-0.3, -0.25) is 9.59 Å². The maximum absolute atomic E-state index is 12.8. The summed E-state index contributed by atoms with van der Waals surface area (Å²) in [5.74, 6) is 0.190. The van der Waals surface area contributed by atoms with E-state index in [-0.39, 0.29) is 17.6 Å². The minimum atomic E-state index is -0.364. The van der Waals surface area contributed by atoms with Crippen molar-refractivity contribution >= 4 is 46.4 Å². The summed E-state index contributed by atoms with van der Waals surface area (Å²) in [5.41, 5.74) is 5.71. The van der Waals surface area contributed by atoms with E-state index in [0.717, 1.165) is 12.0 Å². The molecule has 0 saturated heterocycles. The van der Waals surface area contributed by atoms with E-state index < -0.39 is 0 Å². The van der Waals surface area contributed by atoms with E-state index in [9.17, 15) is 9.59 Å². The number of nitrogens with zero attached hydrogens (tertiary/aromatic N) is 1. The second kappa shape index (κ2) is 8.96. The van der Waals surface area contributed by atoms with Crippen LogP contribution >= 0.6 is 23.2 Å². The predicted octanol–water partition coefficient (Wildman–Crippen LogP) is 5.62. The molecule has 0 spiro atoms. The fraction of sp³-hybridized carbons (Fsp3) is 0.174. The van der Waals surface area contributed by atoms with Crippen molar-refractivity contribution < 1.29 is 14.0 Å². The molecule has 8 heteroatoms. The number of rotatable bonds is 4. The Hall–Kier alpha value is -3.09. The highest BCUT2D eigenvalue weighted by Crippen LogP contribution is 2.30. The minimum absolute atomic E-state index is 0.223. The number of hydrazone groups is 1. The molecule has 0 radical (unpaired) electrons. The quantitative estimate of drug-likeness (QED) is 0.500. The number of furan rings is 1. The molecule has 0 saturated carbocycles. The van der Waals surface area contributed by atoms with Gasteiger partial charge in [-0.1, -0.05) is 35.3 Å². The molecule has 2 amide bonds. The van der Waals surface area contributed by atoms with E-state index in [1.54, 1.807) is 48.5 Å². The molecule has 1 aromatic heterocycles. The first-order valence-corrected chi connectivity index (χ1v) is 10.5. The molecule has 3 aromatic rings. The number of nitrogens with one attached hydrogen (secondary N) is 2. The number of halogens is 2. The third-order valence-corrected chi connectivity index (χ3v) is 5.46. The first kappa shape index (κ1) is 21.2. The molecule has 1 aliphatic carbocycles. The SMILES string of the molecule is Cc1c(C(=O)Nc2cccc(Cl)c2)oc2c1/C(=N/NC(=O)c1cccc(Cl)c1)CCC2. The van der Waals surface area contributed by atoms with E-state index in [1.165, 1.54) is 0 Å². The molecular formula is C23H19Cl2N3O3. The Balaban J connectivity index is 1.57. The molecule has 0 aliphatic heterocycles. The van der Waals surface area contributed by atoms with Gasteiger partial charge in [0, 0.05) is 38.8 Å². The second-order valence-electron chi connectivity index (χ2n) is 7.18. The van der Waals surface area contributed by atoms with Crippen LogP contribution < -0.4 is 10.7 Å². The van der Waals surface area contributed by atoms with Crippen LogP contribution in [0.4, 0.5) is 5.69 Å². The normalized spacial score (nSPS) is 14.2. The molecule has 31 heavy (non-hydrogen) atoms. The van der Waals surface area contributed by atoms with Crippen LogP contribution in [0.1, 0.15) is 50.6 Å². The van der Waals surface area contributed by atoms with E-state index in [4.69, 9.17) is 27.6 Å². The Morgan fingerprint density at radius 2 is 1.74 bits per heavy atom. The molecule has 2 aromatic carbocycles. The highest BCUT2D eigenvalue weighted by atomic mass is 35.5. The van der Waals surface area contributed by atoms with Crippen molar-refractivity contribution in [2.45, 2.75) is 26.2 Å². The molecule has 0 fully saturated rings. The second-order valence-corrected chi connectivity index (χ2v) is 8.06. The van der Waals surface area contributed by atoms with E-state index in [1.807, 2.05) is 6.92 Å². The maximum atomic E-state index is 12.8. The van der Waals surface area contributed by atoms with Crippen molar-refractivity contribution in [1.29, 1.82) is 0 Å². The molecule has 2 N–H and O–H groups in total. The van der Waals surface area contributed by atoms with E-state index in [0.29, 0.717) is 51.2 Å². The highest BCUT2D eigenvalue weighted by Gasteiger charge is 2.28. The van der Waals surface area contributed by atoms with Gasteiger partial charge in [0.05, 0.1) is 5.71 Å². The van der Waals surface area contributed by atoms with Crippen LogP contribution in [0.2, 0.25) is 10.0 Å². The van der Waals surface area contributed by atoms with Crippen molar-refractivity contribution in [2.75, 3.05) is 5.32 Å². The number of amides is 2. The van der Waals surface area contributed by atoms with Gasteiger partial charge in [-0.25, -0.2) is 5.43 Å². The monoisotopic (exact) mass is 455 g/mol. The zero-order chi connectivity index (χ0) is 22.0. The van der Waals surface area contributed by atoms with Crippen LogP contribution in [0.25, 0.3) is 0 Å². The maximum Gasteiger partial charge on any atom is 0.291 e. The number of carbonyl (C=O) groups excluding carboxylic acids is 2. The average Bonchev–Trinajstić information content (AvgIpc) is 3.09. The summed E-state index contributed by atoms with van der Waals surface area (Å²) in [6.07, 6.45) is 2.17. The average molecular weight is 456 g/mol. The lowest BCUT2D eigenvalue weighted by Gasteiger charge is -2.13. The summed E-state index contributed by atoms with van der Waals surface area (Å²) in [7, 11) is 0. The van der Waals surface area contributed by atoms with Crippen LogP contribution in [0, 0.1) is 6.92 Å². The van der Waals surface area contributed by atoms with Crippen molar-refractivity contribution in [3.63, 3.8) is 0 Å². The summed E-state index contributed by atoms with van der Waals surface area (Å²) < 4.78 is 5.88. The van der Waals surface area contributed by atoms with Crippen molar-refractivity contribution in [2.24, 2.45) is 5.10 Å². The van der Waals surface area contributed by atoms with Gasteiger partial charge >= 0.3 is 0 Å². The first-order valence-electron chi connectivity index (χ1n) is 9.74. The van der Waals surface area contributed by atoms with Crippen LogP contribution in [0.5, 0.6) is 0 Å². The van der Waals surface area contributed by atoms with Gasteiger partial charge in [0.25, 0.3) is 11.8 Å². The number of hydrogen-bond donors (Lipinski definition) is 2. The number of aryl methyl sites for hydroxylation is 1. The number of fused-ring (bicyclic) bond motifs is 1. The summed E-state index contributed by atoms with van der Waals surface area (Å²) >= 11 is 11.9. The predicted molar refractivity (Wildman–Crippen MR) is 121 cm³/mol. The third-order valence-electron chi connectivity index (χ3n) is 4.99. The molecule has 0 atom stereocenters. The van der Waals surface area contributed by atoms with Crippen molar-refractivity contribution in [1.82, 2.24) is 5.43 Å². The van der Waals surface area contributed by atoms with Crippen LogP contribution in [-0.4, -0.2) is 17.5 Å². The lowest BCUT2D eigenvalue weighted by molar-refractivity contribution is 0.0953. The molecule has 1 aliphatic rings. The molecule has 0 bridgehead atoms. The lowest BCUT2D eigenvalue weighted by Crippen LogP contribution is -2.22. The van der Waals surface area contributed by atoms with Gasteiger partial charge < -0.3 is 9.73 Å². The van der Waals surface area contributed by atoms with Gasteiger partial charge in [0.1, 0.15) is 5.76 Å². The topological polar surface area (TPSA) is 83.7 Å². The van der Waals surface area contributed by atoms with Crippen LogP contribution in [0.15, 0.2) is 58.0 Å². The Kier molecular flexibility index (Phi) is 6.11. The first-order chi connectivity index (χ1) is 14.9. The fourth-order valence-electron chi connectivity index (χ4n) is 3.56. The number of benzene rings is 2. The molecule has 4 rings (SSSR count). The Labute approximate surface area is 189 Å². The fourth-order valence-corrected chi connectivity index (χ4v) is 3.94. The molecule has 0 unspecified atom stereocenters. The third kappa shape index (κ3) is 4.65. The van der Waals surface area contributed by atoms with Gasteiger partial charge in [-0.05, 0) is 56.2 Å². The summed E-state index contributed by atoms with van der Waals surface area (Å²) in [6.45, 7) is 1.81. The van der Waals surface area contributed by atoms with Crippen LogP contribution in [0.3, 0.4) is 0 Å². The summed E-state index contributed by atoms with van der Waals surface area (Å²) in [4.78, 5) is 25.2. The van der Waals surface area contributed by atoms with Gasteiger partial charge in [-0.15, -0.1) is 0 Å². The summed E-state index contributed by atoms with van der Waals surface area (Å²) in [6, 6.07) is 13.5. The van der Waals surface area contributed by atoms with Gasteiger partial charge in [0.2, 0.25) is 0 Å². The van der Waals surface area contributed by atoms with E-state index in [2.05, 4.69) is 15.8 Å². The Bertz CT molecular complexity index is 1200. The Morgan fingerprint density at radius 3 is 2.48 bits per heavy atom.